The van der Waals surface area contributed by atoms with E-state index in [1.165, 1.54) is 0 Å². The molecular weight excluding hydrogens is 290 g/mol. The smallest absolute Gasteiger partial charge is 0.274 e. The van der Waals surface area contributed by atoms with Crippen molar-refractivity contribution in [2.75, 3.05) is 5.32 Å². The van der Waals surface area contributed by atoms with Crippen LogP contribution in [-0.4, -0.2) is 22.1 Å². The van der Waals surface area contributed by atoms with Crippen molar-refractivity contribution in [3.8, 4) is 11.1 Å². The molecule has 0 saturated heterocycles. The average molecular weight is 315 g/mol. The van der Waals surface area contributed by atoms with E-state index in [1.54, 1.807) is 0 Å². The predicted molar refractivity (Wildman–Crippen MR) is 92.5 cm³/mol. The fourth-order valence-electron chi connectivity index (χ4n) is 2.14. The first-order valence-electron chi connectivity index (χ1n) is 7.73. The summed E-state index contributed by atoms with van der Waals surface area (Å²) in [5.41, 5.74) is 1.31. The topological polar surface area (TPSA) is 67.2 Å². The zero-order valence-corrected chi connectivity index (χ0v) is 14.7. The molecule has 2 aromatic rings. The van der Waals surface area contributed by atoms with Gasteiger partial charge in [0.05, 0.1) is 5.56 Å². The van der Waals surface area contributed by atoms with Crippen LogP contribution in [0, 0.1) is 0 Å². The molecule has 0 aliphatic heterocycles. The van der Waals surface area contributed by atoms with Crippen LogP contribution in [0.2, 0.25) is 0 Å². The second kappa shape index (κ2) is 6.07. The third-order valence-corrected chi connectivity index (χ3v) is 2.95. The maximum atomic E-state index is 12.6. The number of nitrogens with zero attached hydrogens (tertiary/aromatic N) is 1. The fraction of sp³-hybridized carbons (Fsp3) is 0.444. The van der Waals surface area contributed by atoms with E-state index in [0.29, 0.717) is 11.4 Å². The van der Waals surface area contributed by atoms with Crippen molar-refractivity contribution in [1.82, 2.24) is 10.5 Å². The number of rotatable bonds is 3. The molecule has 0 saturated carbocycles. The molecule has 2 rings (SSSR count). The van der Waals surface area contributed by atoms with Gasteiger partial charge in [0.1, 0.15) is 0 Å². The summed E-state index contributed by atoms with van der Waals surface area (Å²) in [7, 11) is 0. The molecule has 124 valence electrons. The number of carbonyl (C=O) groups excluding carboxylic acids is 1. The number of hydrogen-bond donors (Lipinski definition) is 2. The number of anilines is 1. The summed E-state index contributed by atoms with van der Waals surface area (Å²) in [6, 6.07) is 9.66. The molecule has 2 N–H and O–H groups in total. The lowest BCUT2D eigenvalue weighted by Crippen LogP contribution is -2.40. The molecule has 5 heteroatoms. The number of benzene rings is 1. The van der Waals surface area contributed by atoms with Crippen LogP contribution in [0.15, 0.2) is 34.9 Å². The van der Waals surface area contributed by atoms with E-state index in [2.05, 4.69) is 15.8 Å². The lowest BCUT2D eigenvalue weighted by atomic mass is 10.0. The first-order valence-corrected chi connectivity index (χ1v) is 7.73. The highest BCUT2D eigenvalue weighted by molar-refractivity contribution is 6.01. The molecule has 1 aromatic carbocycles. The van der Waals surface area contributed by atoms with Gasteiger partial charge in [0.2, 0.25) is 5.88 Å². The van der Waals surface area contributed by atoms with Gasteiger partial charge in [-0.15, -0.1) is 0 Å². The first kappa shape index (κ1) is 17.1. The standard InChI is InChI=1S/C18H25N3O2/c1-17(2,3)19-15(22)14-13(12-10-8-7-9-11-12)16(23-21-14)20-18(4,5)6/h7-11,20H,1-6H3,(H,19,22). The van der Waals surface area contributed by atoms with Gasteiger partial charge in [0, 0.05) is 11.1 Å². The van der Waals surface area contributed by atoms with Crippen molar-refractivity contribution in [1.29, 1.82) is 0 Å². The van der Waals surface area contributed by atoms with Crippen molar-refractivity contribution in [2.45, 2.75) is 52.6 Å². The summed E-state index contributed by atoms with van der Waals surface area (Å²) >= 11 is 0. The summed E-state index contributed by atoms with van der Waals surface area (Å²) in [6.45, 7) is 11.9. The number of carbonyl (C=O) groups is 1. The molecule has 5 nitrogen and oxygen atoms in total. The third-order valence-electron chi connectivity index (χ3n) is 2.95. The minimum absolute atomic E-state index is 0.208. The quantitative estimate of drug-likeness (QED) is 0.895. The highest BCUT2D eigenvalue weighted by Crippen LogP contribution is 2.33. The van der Waals surface area contributed by atoms with E-state index >= 15 is 0 Å². The highest BCUT2D eigenvalue weighted by Gasteiger charge is 2.27. The van der Waals surface area contributed by atoms with Crippen molar-refractivity contribution in [3.63, 3.8) is 0 Å². The van der Waals surface area contributed by atoms with Crippen LogP contribution in [-0.2, 0) is 0 Å². The third kappa shape index (κ3) is 4.58. The average Bonchev–Trinajstić information content (AvgIpc) is 2.79. The Bertz CT molecular complexity index is 677. The van der Waals surface area contributed by atoms with Gasteiger partial charge in [-0.1, -0.05) is 35.5 Å². The zero-order valence-electron chi connectivity index (χ0n) is 14.7. The van der Waals surface area contributed by atoms with Gasteiger partial charge >= 0.3 is 0 Å². The summed E-state index contributed by atoms with van der Waals surface area (Å²) in [5, 5.41) is 10.2. The van der Waals surface area contributed by atoms with Gasteiger partial charge in [-0.3, -0.25) is 4.79 Å². The lowest BCUT2D eigenvalue weighted by molar-refractivity contribution is 0.0911. The van der Waals surface area contributed by atoms with E-state index in [-0.39, 0.29) is 22.7 Å². The Labute approximate surface area is 137 Å². The molecule has 0 aliphatic rings. The van der Waals surface area contributed by atoms with E-state index < -0.39 is 0 Å². The Balaban J connectivity index is 2.49. The largest absolute Gasteiger partial charge is 0.349 e. The summed E-state index contributed by atoms with van der Waals surface area (Å²) in [5.74, 6) is 0.254. The molecule has 0 fully saturated rings. The Hall–Kier alpha value is -2.30. The van der Waals surface area contributed by atoms with Crippen LogP contribution in [0.4, 0.5) is 5.88 Å². The van der Waals surface area contributed by atoms with Gasteiger partial charge in [0.25, 0.3) is 5.91 Å². The second-order valence-corrected chi connectivity index (χ2v) is 7.68. The van der Waals surface area contributed by atoms with Crippen LogP contribution in [0.25, 0.3) is 11.1 Å². The molecule has 0 spiro atoms. The molecule has 23 heavy (non-hydrogen) atoms. The van der Waals surface area contributed by atoms with Crippen molar-refractivity contribution >= 4 is 11.8 Å². The Morgan fingerprint density at radius 1 is 1.00 bits per heavy atom. The van der Waals surface area contributed by atoms with Crippen LogP contribution in [0.5, 0.6) is 0 Å². The normalized spacial score (nSPS) is 12.1. The number of nitrogens with one attached hydrogen (secondary N) is 2. The molecule has 0 aliphatic carbocycles. The van der Waals surface area contributed by atoms with E-state index in [9.17, 15) is 4.79 Å². The maximum Gasteiger partial charge on any atom is 0.274 e. The van der Waals surface area contributed by atoms with Crippen LogP contribution < -0.4 is 10.6 Å². The zero-order chi connectivity index (χ0) is 17.3. The minimum Gasteiger partial charge on any atom is -0.349 e. The van der Waals surface area contributed by atoms with Gasteiger partial charge in [0.15, 0.2) is 5.69 Å². The lowest BCUT2D eigenvalue weighted by Gasteiger charge is -2.21. The predicted octanol–water partition coefficient (Wildman–Crippen LogP) is 4.08. The Kier molecular flexibility index (Phi) is 4.50. The van der Waals surface area contributed by atoms with Gasteiger partial charge in [-0.25, -0.2) is 0 Å². The first-order chi connectivity index (χ1) is 10.6. The van der Waals surface area contributed by atoms with Crippen molar-refractivity contribution < 1.29 is 9.32 Å². The number of aromatic nitrogens is 1. The van der Waals surface area contributed by atoms with E-state index in [4.69, 9.17) is 4.52 Å². The van der Waals surface area contributed by atoms with Crippen LogP contribution >= 0.6 is 0 Å². The maximum absolute atomic E-state index is 12.6. The molecule has 0 unspecified atom stereocenters. The van der Waals surface area contributed by atoms with Gasteiger partial charge < -0.3 is 15.2 Å². The number of amides is 1. The Morgan fingerprint density at radius 3 is 2.13 bits per heavy atom. The van der Waals surface area contributed by atoms with Crippen LogP contribution in [0.3, 0.4) is 0 Å². The van der Waals surface area contributed by atoms with Crippen molar-refractivity contribution in [2.24, 2.45) is 0 Å². The van der Waals surface area contributed by atoms with E-state index in [0.717, 1.165) is 5.56 Å². The fourth-order valence-corrected chi connectivity index (χ4v) is 2.14. The summed E-state index contributed by atoms with van der Waals surface area (Å²) in [4.78, 5) is 12.6. The molecular formula is C18H25N3O2. The minimum atomic E-state index is -0.346. The second-order valence-electron chi connectivity index (χ2n) is 7.68. The van der Waals surface area contributed by atoms with Gasteiger partial charge in [-0.05, 0) is 47.1 Å². The van der Waals surface area contributed by atoms with Gasteiger partial charge in [-0.2, -0.15) is 0 Å². The molecule has 1 amide bonds. The SMILES string of the molecule is CC(C)(C)NC(=O)c1noc(NC(C)(C)C)c1-c1ccccc1. The highest BCUT2D eigenvalue weighted by atomic mass is 16.5. The molecule has 1 heterocycles. The summed E-state index contributed by atoms with van der Waals surface area (Å²) < 4.78 is 5.44. The summed E-state index contributed by atoms with van der Waals surface area (Å²) in [6.07, 6.45) is 0. The molecule has 0 bridgehead atoms. The monoisotopic (exact) mass is 315 g/mol. The van der Waals surface area contributed by atoms with Crippen LogP contribution in [0.1, 0.15) is 52.0 Å². The molecule has 1 aromatic heterocycles. The number of hydrogen-bond acceptors (Lipinski definition) is 4. The van der Waals surface area contributed by atoms with Crippen molar-refractivity contribution in [3.05, 3.63) is 36.0 Å². The Morgan fingerprint density at radius 2 is 1.61 bits per heavy atom. The molecule has 0 atom stereocenters. The molecule has 0 radical (unpaired) electrons. The van der Waals surface area contributed by atoms with E-state index in [1.807, 2.05) is 71.9 Å².